The highest BCUT2D eigenvalue weighted by molar-refractivity contribution is 5.72. The highest BCUT2D eigenvalue weighted by atomic mass is 16.5. The minimum absolute atomic E-state index is 0.0666. The highest BCUT2D eigenvalue weighted by Crippen LogP contribution is 2.26. The smallest absolute Gasteiger partial charge is 0.309 e. The number of aromatic hydroxyl groups is 1. The number of esters is 1. The molecule has 0 bridgehead atoms. The Kier molecular flexibility index (Phi) is 4.46. The van der Waals surface area contributed by atoms with Gasteiger partial charge < -0.3 is 9.84 Å². The van der Waals surface area contributed by atoms with E-state index in [0.717, 1.165) is 42.4 Å². The Hall–Kier alpha value is -1.51. The Morgan fingerprint density at radius 3 is 2.37 bits per heavy atom. The summed E-state index contributed by atoms with van der Waals surface area (Å²) in [7, 11) is 0. The summed E-state index contributed by atoms with van der Waals surface area (Å²) in [6, 6.07) is 3.74. The zero-order valence-electron chi connectivity index (χ0n) is 11.7. The molecular formula is C16H22O3. The van der Waals surface area contributed by atoms with Gasteiger partial charge in [0.05, 0.1) is 5.92 Å². The lowest BCUT2D eigenvalue weighted by atomic mass is 9.89. The molecule has 0 amide bonds. The van der Waals surface area contributed by atoms with Gasteiger partial charge in [0.15, 0.2) is 0 Å². The molecule has 0 unspecified atom stereocenters. The normalized spacial score (nSPS) is 16.3. The molecule has 0 radical (unpaired) electrons. The number of carbonyl (C=O) groups excluding carboxylic acids is 1. The second kappa shape index (κ2) is 6.09. The Bertz CT molecular complexity index is 436. The van der Waals surface area contributed by atoms with Crippen LogP contribution in [0, 0.1) is 19.8 Å². The molecule has 0 atom stereocenters. The van der Waals surface area contributed by atoms with Crippen molar-refractivity contribution in [2.75, 3.05) is 0 Å². The highest BCUT2D eigenvalue weighted by Gasteiger charge is 2.22. The van der Waals surface area contributed by atoms with E-state index >= 15 is 0 Å². The summed E-state index contributed by atoms with van der Waals surface area (Å²) >= 11 is 0. The first kappa shape index (κ1) is 13.9. The number of ether oxygens (including phenoxy) is 1. The topological polar surface area (TPSA) is 46.5 Å². The molecule has 1 aromatic rings. The van der Waals surface area contributed by atoms with Crippen LogP contribution in [-0.2, 0) is 16.1 Å². The van der Waals surface area contributed by atoms with Crippen molar-refractivity contribution in [2.24, 2.45) is 5.92 Å². The standard InChI is InChI=1S/C16H22O3/c1-11-8-13(9-12(2)15(11)17)10-19-16(18)14-6-4-3-5-7-14/h8-9,14,17H,3-7,10H2,1-2H3. The number of benzene rings is 1. The van der Waals surface area contributed by atoms with Crippen molar-refractivity contribution in [2.45, 2.75) is 52.6 Å². The van der Waals surface area contributed by atoms with E-state index in [0.29, 0.717) is 12.4 Å². The van der Waals surface area contributed by atoms with Crippen molar-refractivity contribution >= 4 is 5.97 Å². The summed E-state index contributed by atoms with van der Waals surface area (Å²) in [5.74, 6) is 0.346. The quantitative estimate of drug-likeness (QED) is 0.846. The molecule has 0 aliphatic heterocycles. The first-order valence-corrected chi connectivity index (χ1v) is 7.03. The van der Waals surface area contributed by atoms with Crippen molar-refractivity contribution in [3.8, 4) is 5.75 Å². The molecule has 3 heteroatoms. The molecular weight excluding hydrogens is 240 g/mol. The summed E-state index contributed by atoms with van der Waals surface area (Å²) in [5, 5.41) is 9.70. The van der Waals surface area contributed by atoms with Gasteiger partial charge in [-0.1, -0.05) is 19.3 Å². The first-order valence-electron chi connectivity index (χ1n) is 7.03. The van der Waals surface area contributed by atoms with E-state index in [1.54, 1.807) is 0 Å². The van der Waals surface area contributed by atoms with Crippen LogP contribution < -0.4 is 0 Å². The van der Waals surface area contributed by atoms with Gasteiger partial charge in [-0.25, -0.2) is 0 Å². The van der Waals surface area contributed by atoms with E-state index in [1.165, 1.54) is 6.42 Å². The van der Waals surface area contributed by atoms with Gasteiger partial charge in [-0.2, -0.15) is 0 Å². The van der Waals surface area contributed by atoms with Crippen LogP contribution >= 0.6 is 0 Å². The molecule has 3 nitrogen and oxygen atoms in total. The van der Waals surface area contributed by atoms with Crippen molar-refractivity contribution in [1.82, 2.24) is 0 Å². The van der Waals surface area contributed by atoms with Gasteiger partial charge >= 0.3 is 5.97 Å². The Morgan fingerprint density at radius 1 is 1.21 bits per heavy atom. The molecule has 0 spiro atoms. The molecule has 1 aliphatic carbocycles. The lowest BCUT2D eigenvalue weighted by Crippen LogP contribution is -2.20. The molecule has 104 valence electrons. The lowest BCUT2D eigenvalue weighted by molar-refractivity contribution is -0.151. The third-order valence-electron chi connectivity index (χ3n) is 3.87. The average Bonchev–Trinajstić information content (AvgIpc) is 2.43. The van der Waals surface area contributed by atoms with E-state index in [4.69, 9.17) is 4.74 Å². The maximum absolute atomic E-state index is 11.9. The minimum atomic E-state index is -0.0666. The van der Waals surface area contributed by atoms with Crippen molar-refractivity contribution < 1.29 is 14.6 Å². The zero-order valence-corrected chi connectivity index (χ0v) is 11.7. The number of rotatable bonds is 3. The number of phenolic OH excluding ortho intramolecular Hbond substituents is 1. The first-order chi connectivity index (χ1) is 9.08. The number of aryl methyl sites for hydroxylation is 2. The van der Waals surface area contributed by atoms with Crippen LogP contribution in [0.3, 0.4) is 0 Å². The SMILES string of the molecule is Cc1cc(COC(=O)C2CCCCC2)cc(C)c1O. The van der Waals surface area contributed by atoms with Gasteiger partial charge in [0.2, 0.25) is 0 Å². The van der Waals surface area contributed by atoms with Crippen molar-refractivity contribution in [3.63, 3.8) is 0 Å². The Morgan fingerprint density at radius 2 is 1.79 bits per heavy atom. The van der Waals surface area contributed by atoms with Crippen LogP contribution in [0.4, 0.5) is 0 Å². The van der Waals surface area contributed by atoms with Gasteiger partial charge in [-0.05, 0) is 55.5 Å². The van der Waals surface area contributed by atoms with Gasteiger partial charge in [-0.3, -0.25) is 4.79 Å². The fourth-order valence-electron chi connectivity index (χ4n) is 2.74. The van der Waals surface area contributed by atoms with E-state index in [9.17, 15) is 9.90 Å². The molecule has 0 saturated heterocycles. The van der Waals surface area contributed by atoms with E-state index in [2.05, 4.69) is 0 Å². The summed E-state index contributed by atoms with van der Waals surface area (Å²) in [5.41, 5.74) is 2.59. The molecule has 19 heavy (non-hydrogen) atoms. The molecule has 1 saturated carbocycles. The van der Waals surface area contributed by atoms with Gasteiger partial charge in [0.25, 0.3) is 0 Å². The minimum Gasteiger partial charge on any atom is -0.507 e. The van der Waals surface area contributed by atoms with Crippen LogP contribution in [0.2, 0.25) is 0 Å². The van der Waals surface area contributed by atoms with Crippen LogP contribution in [0.15, 0.2) is 12.1 Å². The fourth-order valence-corrected chi connectivity index (χ4v) is 2.74. The molecule has 1 fully saturated rings. The fraction of sp³-hybridized carbons (Fsp3) is 0.562. The monoisotopic (exact) mass is 262 g/mol. The molecule has 1 N–H and O–H groups in total. The van der Waals surface area contributed by atoms with Gasteiger partial charge in [0, 0.05) is 0 Å². The Labute approximate surface area is 114 Å². The van der Waals surface area contributed by atoms with Crippen LogP contribution in [0.1, 0.15) is 48.8 Å². The van der Waals surface area contributed by atoms with E-state index in [-0.39, 0.29) is 11.9 Å². The van der Waals surface area contributed by atoms with Gasteiger partial charge in [0.1, 0.15) is 12.4 Å². The number of hydrogen-bond donors (Lipinski definition) is 1. The summed E-state index contributed by atoms with van der Waals surface area (Å²) in [6.45, 7) is 4.01. The average molecular weight is 262 g/mol. The molecule has 0 aromatic heterocycles. The summed E-state index contributed by atoms with van der Waals surface area (Å²) in [6.07, 6.45) is 5.44. The van der Waals surface area contributed by atoms with Crippen molar-refractivity contribution in [3.05, 3.63) is 28.8 Å². The van der Waals surface area contributed by atoms with Crippen molar-refractivity contribution in [1.29, 1.82) is 0 Å². The predicted molar refractivity (Wildman–Crippen MR) is 74.0 cm³/mol. The molecule has 1 aromatic carbocycles. The zero-order chi connectivity index (χ0) is 13.8. The van der Waals surface area contributed by atoms with Crippen LogP contribution in [0.5, 0.6) is 5.75 Å². The van der Waals surface area contributed by atoms with Crippen LogP contribution in [-0.4, -0.2) is 11.1 Å². The number of phenols is 1. The number of hydrogen-bond acceptors (Lipinski definition) is 3. The maximum Gasteiger partial charge on any atom is 0.309 e. The van der Waals surface area contributed by atoms with E-state index in [1.807, 2.05) is 26.0 Å². The largest absolute Gasteiger partial charge is 0.507 e. The number of carbonyl (C=O) groups is 1. The second-order valence-electron chi connectivity index (χ2n) is 5.52. The molecule has 1 aliphatic rings. The second-order valence-corrected chi connectivity index (χ2v) is 5.52. The summed E-state index contributed by atoms with van der Waals surface area (Å²) in [4.78, 5) is 11.9. The molecule has 2 rings (SSSR count). The molecule has 0 heterocycles. The predicted octanol–water partition coefficient (Wildman–Crippen LogP) is 3.63. The summed E-state index contributed by atoms with van der Waals surface area (Å²) < 4.78 is 5.40. The van der Waals surface area contributed by atoms with E-state index < -0.39 is 0 Å². The Balaban J connectivity index is 1.93. The van der Waals surface area contributed by atoms with Crippen LogP contribution in [0.25, 0.3) is 0 Å². The third kappa shape index (κ3) is 3.49. The van der Waals surface area contributed by atoms with Gasteiger partial charge in [-0.15, -0.1) is 0 Å². The lowest BCUT2D eigenvalue weighted by Gasteiger charge is -2.20. The maximum atomic E-state index is 11.9. The third-order valence-corrected chi connectivity index (χ3v) is 3.87.